The van der Waals surface area contributed by atoms with Crippen molar-refractivity contribution in [1.29, 1.82) is 0 Å². The minimum absolute atomic E-state index is 0.0556. The Morgan fingerprint density at radius 1 is 1.03 bits per heavy atom. The Balaban J connectivity index is 0.00000124. The molecule has 1 N–H and O–H groups in total. The van der Waals surface area contributed by atoms with Gasteiger partial charge in [-0.05, 0) is 105 Å². The van der Waals surface area contributed by atoms with E-state index in [2.05, 4.69) is 27.7 Å². The minimum Gasteiger partial charge on any atom is -0.393 e. The fourth-order valence-corrected chi connectivity index (χ4v) is 8.28. The summed E-state index contributed by atoms with van der Waals surface area (Å²) in [6.45, 7) is 13.8. The molecule has 0 spiro atoms. The largest absolute Gasteiger partial charge is 0.393 e. The van der Waals surface area contributed by atoms with Crippen LogP contribution in [0.2, 0.25) is 0 Å². The molecule has 174 valence electrons. The van der Waals surface area contributed by atoms with Crippen molar-refractivity contribution in [3.8, 4) is 0 Å². The van der Waals surface area contributed by atoms with Crippen molar-refractivity contribution >= 4 is 0 Å². The molecular weight excluding hydrogens is 364 g/mol. The summed E-state index contributed by atoms with van der Waals surface area (Å²) in [6.07, 6.45) is 17.7. The first-order chi connectivity index (χ1) is 14.4. The smallest absolute Gasteiger partial charge is 0.0580 e. The highest BCUT2D eigenvalue weighted by Crippen LogP contribution is 2.64. The Morgan fingerprint density at radius 2 is 1.80 bits per heavy atom. The molecule has 1 heteroatoms. The van der Waals surface area contributed by atoms with Gasteiger partial charge in [0.25, 0.3) is 0 Å². The molecule has 0 aromatic heterocycles. The first-order valence-corrected chi connectivity index (χ1v) is 13.8. The molecule has 7 atom stereocenters. The molecule has 4 aliphatic carbocycles. The zero-order chi connectivity index (χ0) is 21.9. The van der Waals surface area contributed by atoms with E-state index in [9.17, 15) is 5.11 Å². The highest BCUT2D eigenvalue weighted by atomic mass is 16.3. The Labute approximate surface area is 188 Å². The van der Waals surface area contributed by atoms with Crippen molar-refractivity contribution in [3.05, 3.63) is 11.1 Å². The standard InChI is InChI=1S/C27H46O.C2H6/c1-5-19-16-25-23(22-12-11-21(28)17-24(19)22)14-15-27(4)20(10-13-26(25)27)9-7-6-8-18(2)3;1-2/h18-21,23,25-26,28H,5-17H2,1-4H3;1-2H3. The van der Waals surface area contributed by atoms with Gasteiger partial charge >= 0.3 is 0 Å². The number of hydrogen-bond donors (Lipinski definition) is 1. The summed E-state index contributed by atoms with van der Waals surface area (Å²) < 4.78 is 0. The van der Waals surface area contributed by atoms with E-state index in [1.54, 1.807) is 5.57 Å². The quantitative estimate of drug-likeness (QED) is 0.339. The molecule has 0 radical (unpaired) electrons. The van der Waals surface area contributed by atoms with Gasteiger partial charge in [0, 0.05) is 0 Å². The molecule has 0 bridgehead atoms. The maximum atomic E-state index is 10.3. The van der Waals surface area contributed by atoms with Crippen LogP contribution in [0.1, 0.15) is 125 Å². The number of hydrogen-bond acceptors (Lipinski definition) is 1. The molecule has 0 aromatic rings. The highest BCUT2D eigenvalue weighted by Gasteiger charge is 2.55. The summed E-state index contributed by atoms with van der Waals surface area (Å²) in [5, 5.41) is 10.3. The van der Waals surface area contributed by atoms with Crippen molar-refractivity contribution in [2.24, 2.45) is 40.9 Å². The molecule has 0 heterocycles. The number of aliphatic hydroxyl groups is 1. The van der Waals surface area contributed by atoms with Gasteiger partial charge in [0.1, 0.15) is 0 Å². The third kappa shape index (κ3) is 4.72. The second-order valence-electron chi connectivity index (χ2n) is 11.7. The van der Waals surface area contributed by atoms with Crippen molar-refractivity contribution < 1.29 is 5.11 Å². The van der Waals surface area contributed by atoms with Crippen LogP contribution in [-0.4, -0.2) is 11.2 Å². The summed E-state index contributed by atoms with van der Waals surface area (Å²) >= 11 is 0. The Kier molecular flexibility index (Phi) is 8.56. The first kappa shape index (κ1) is 24.3. The van der Waals surface area contributed by atoms with Gasteiger partial charge in [-0.2, -0.15) is 0 Å². The van der Waals surface area contributed by atoms with E-state index in [1.807, 2.05) is 19.4 Å². The Bertz CT molecular complexity index is 575. The Morgan fingerprint density at radius 3 is 2.50 bits per heavy atom. The van der Waals surface area contributed by atoms with Gasteiger partial charge in [0.2, 0.25) is 0 Å². The van der Waals surface area contributed by atoms with E-state index in [4.69, 9.17) is 0 Å². The molecule has 7 unspecified atom stereocenters. The van der Waals surface area contributed by atoms with Crippen molar-refractivity contribution in [2.45, 2.75) is 131 Å². The lowest BCUT2D eigenvalue weighted by molar-refractivity contribution is -0.000714. The average molecular weight is 417 g/mol. The summed E-state index contributed by atoms with van der Waals surface area (Å²) in [7, 11) is 0. The third-order valence-electron chi connectivity index (χ3n) is 9.82. The normalized spacial score (nSPS) is 40.4. The van der Waals surface area contributed by atoms with Gasteiger partial charge in [0.05, 0.1) is 6.10 Å². The van der Waals surface area contributed by atoms with Crippen molar-refractivity contribution in [3.63, 3.8) is 0 Å². The topological polar surface area (TPSA) is 20.2 Å². The average Bonchev–Trinajstić information content (AvgIpc) is 3.08. The molecule has 4 rings (SSSR count). The van der Waals surface area contributed by atoms with Crippen LogP contribution in [-0.2, 0) is 0 Å². The minimum atomic E-state index is -0.0556. The zero-order valence-electron chi connectivity index (χ0n) is 21.2. The number of unbranched alkanes of at least 4 members (excludes halogenated alkanes) is 1. The van der Waals surface area contributed by atoms with Crippen LogP contribution in [0.15, 0.2) is 11.1 Å². The van der Waals surface area contributed by atoms with Gasteiger partial charge in [-0.25, -0.2) is 0 Å². The predicted octanol–water partition coefficient (Wildman–Crippen LogP) is 8.56. The maximum Gasteiger partial charge on any atom is 0.0580 e. The zero-order valence-corrected chi connectivity index (χ0v) is 21.2. The summed E-state index contributed by atoms with van der Waals surface area (Å²) in [4.78, 5) is 0. The van der Waals surface area contributed by atoms with Gasteiger partial charge in [-0.1, -0.05) is 72.0 Å². The molecule has 30 heavy (non-hydrogen) atoms. The highest BCUT2D eigenvalue weighted by molar-refractivity contribution is 5.29. The van der Waals surface area contributed by atoms with Gasteiger partial charge < -0.3 is 5.11 Å². The van der Waals surface area contributed by atoms with Crippen LogP contribution in [0.3, 0.4) is 0 Å². The monoisotopic (exact) mass is 416 g/mol. The molecule has 0 aromatic carbocycles. The van der Waals surface area contributed by atoms with Crippen molar-refractivity contribution in [2.75, 3.05) is 0 Å². The van der Waals surface area contributed by atoms with Gasteiger partial charge in [0.15, 0.2) is 0 Å². The molecule has 1 nitrogen and oxygen atoms in total. The number of rotatable bonds is 6. The van der Waals surface area contributed by atoms with Crippen molar-refractivity contribution in [1.82, 2.24) is 0 Å². The third-order valence-corrected chi connectivity index (χ3v) is 9.82. The van der Waals surface area contributed by atoms with Gasteiger partial charge in [-0.15, -0.1) is 0 Å². The van der Waals surface area contributed by atoms with Crippen LogP contribution >= 0.6 is 0 Å². The molecule has 4 aliphatic rings. The van der Waals surface area contributed by atoms with E-state index >= 15 is 0 Å². The van der Waals surface area contributed by atoms with Crippen LogP contribution in [0.25, 0.3) is 0 Å². The van der Waals surface area contributed by atoms with Gasteiger partial charge in [-0.3, -0.25) is 0 Å². The molecular formula is C29H52O. The van der Waals surface area contributed by atoms with E-state index in [-0.39, 0.29) is 6.10 Å². The lowest BCUT2D eigenvalue weighted by atomic mass is 9.51. The summed E-state index contributed by atoms with van der Waals surface area (Å²) in [6, 6.07) is 0. The fourth-order valence-electron chi connectivity index (χ4n) is 8.28. The maximum absolute atomic E-state index is 10.3. The van der Waals surface area contributed by atoms with E-state index < -0.39 is 0 Å². The molecule has 0 amide bonds. The first-order valence-electron chi connectivity index (χ1n) is 13.8. The lowest BCUT2D eigenvalue weighted by Gasteiger charge is -2.54. The molecule has 2 saturated carbocycles. The summed E-state index contributed by atoms with van der Waals surface area (Å²) in [5.74, 6) is 5.46. The van der Waals surface area contributed by atoms with E-state index in [1.165, 1.54) is 70.6 Å². The van der Waals surface area contributed by atoms with Crippen LogP contribution in [0, 0.1) is 40.9 Å². The number of aliphatic hydroxyl groups excluding tert-OH is 1. The molecule has 0 saturated heterocycles. The predicted molar refractivity (Wildman–Crippen MR) is 130 cm³/mol. The summed E-state index contributed by atoms with van der Waals surface area (Å²) in [5.41, 5.74) is 4.19. The van der Waals surface area contributed by atoms with E-state index in [0.29, 0.717) is 5.41 Å². The van der Waals surface area contributed by atoms with Crippen LogP contribution < -0.4 is 0 Å². The fraction of sp³-hybridized carbons (Fsp3) is 0.931. The second-order valence-corrected chi connectivity index (χ2v) is 11.7. The second kappa shape index (κ2) is 10.5. The number of allylic oxidation sites excluding steroid dienone is 1. The van der Waals surface area contributed by atoms with Crippen LogP contribution in [0.4, 0.5) is 0 Å². The number of fused-ring (bicyclic) bond motifs is 4. The van der Waals surface area contributed by atoms with Crippen LogP contribution in [0.5, 0.6) is 0 Å². The SMILES string of the molecule is CC.CCC1CC2C(CCC3(C)C(CCCCC(C)C)CCC23)C2=C1CC(O)CC2. The lowest BCUT2D eigenvalue weighted by Crippen LogP contribution is -2.45. The Hall–Kier alpha value is -0.300. The molecule has 0 aliphatic heterocycles. The molecule has 2 fully saturated rings. The van der Waals surface area contributed by atoms with E-state index in [0.717, 1.165) is 48.3 Å².